The number of amides is 1. The number of hydrogen-bond acceptors (Lipinski definition) is 5. The lowest BCUT2D eigenvalue weighted by Crippen LogP contribution is -2.48. The molecule has 1 amide bonds. The van der Waals surface area contributed by atoms with Crippen LogP contribution in [-0.4, -0.2) is 51.9 Å². The Labute approximate surface area is 135 Å². The second-order valence-corrected chi connectivity index (χ2v) is 8.50. The molecule has 0 spiro atoms. The van der Waals surface area contributed by atoms with E-state index in [0.717, 1.165) is 0 Å². The van der Waals surface area contributed by atoms with Crippen molar-refractivity contribution >= 4 is 27.3 Å². The minimum Gasteiger partial charge on any atom is -0.342 e. The van der Waals surface area contributed by atoms with Gasteiger partial charge in [-0.25, -0.2) is 13.1 Å². The van der Waals surface area contributed by atoms with Gasteiger partial charge in [-0.15, -0.1) is 11.3 Å². The van der Waals surface area contributed by atoms with Crippen LogP contribution in [0.1, 0.15) is 19.8 Å². The van der Waals surface area contributed by atoms with Crippen molar-refractivity contribution in [1.29, 1.82) is 0 Å². The molecule has 0 saturated carbocycles. The number of nitrogens with one attached hydrogen (secondary N) is 2. The Hall–Kier alpha value is -0.960. The van der Waals surface area contributed by atoms with Gasteiger partial charge in [-0.2, -0.15) is 0 Å². The monoisotopic (exact) mass is 345 g/mol. The van der Waals surface area contributed by atoms with E-state index >= 15 is 0 Å². The second-order valence-electron chi connectivity index (χ2n) is 5.61. The highest BCUT2D eigenvalue weighted by molar-refractivity contribution is 7.91. The smallest absolute Gasteiger partial charge is 0.250 e. The number of likely N-dealkylation sites (tertiary alicyclic amines) is 1. The Morgan fingerprint density at radius 2 is 2.14 bits per heavy atom. The van der Waals surface area contributed by atoms with E-state index in [9.17, 15) is 13.2 Å². The molecular formula is C14H23N3O3S2. The summed E-state index contributed by atoms with van der Waals surface area (Å²) in [7, 11) is -1.60. The van der Waals surface area contributed by atoms with Gasteiger partial charge in [0.2, 0.25) is 15.9 Å². The molecule has 6 nitrogen and oxygen atoms in total. The van der Waals surface area contributed by atoms with Crippen LogP contribution >= 0.6 is 11.3 Å². The topological polar surface area (TPSA) is 78.5 Å². The van der Waals surface area contributed by atoms with Gasteiger partial charge in [0.15, 0.2) is 0 Å². The SMILES string of the molecule is CNCC(C)C(=O)N1CCC(NS(=O)(=O)c2cccs2)CC1. The summed E-state index contributed by atoms with van der Waals surface area (Å²) in [5.74, 6) is 0.0817. The molecule has 124 valence electrons. The third-order valence-corrected chi connectivity index (χ3v) is 6.74. The van der Waals surface area contributed by atoms with E-state index in [-0.39, 0.29) is 17.9 Å². The summed E-state index contributed by atoms with van der Waals surface area (Å²) < 4.78 is 27.4. The van der Waals surface area contributed by atoms with Crippen molar-refractivity contribution in [3.63, 3.8) is 0 Å². The van der Waals surface area contributed by atoms with Crippen LogP contribution in [0.2, 0.25) is 0 Å². The maximum absolute atomic E-state index is 12.2. The molecule has 22 heavy (non-hydrogen) atoms. The van der Waals surface area contributed by atoms with Crippen molar-refractivity contribution in [2.24, 2.45) is 5.92 Å². The van der Waals surface area contributed by atoms with Crippen molar-refractivity contribution in [2.45, 2.75) is 30.0 Å². The van der Waals surface area contributed by atoms with E-state index in [2.05, 4.69) is 10.0 Å². The molecule has 0 aromatic carbocycles. The summed E-state index contributed by atoms with van der Waals surface area (Å²) in [6.45, 7) is 3.77. The van der Waals surface area contributed by atoms with E-state index in [0.29, 0.717) is 36.7 Å². The standard InChI is InChI=1S/C14H23N3O3S2/c1-11(10-15-2)14(18)17-7-5-12(6-8-17)16-22(19,20)13-4-3-9-21-13/h3-4,9,11-12,15-16H,5-8,10H2,1-2H3. The zero-order valence-electron chi connectivity index (χ0n) is 12.9. The van der Waals surface area contributed by atoms with Crippen LogP contribution in [-0.2, 0) is 14.8 Å². The van der Waals surface area contributed by atoms with Crippen LogP contribution < -0.4 is 10.0 Å². The van der Waals surface area contributed by atoms with Gasteiger partial charge in [-0.3, -0.25) is 4.79 Å². The van der Waals surface area contributed by atoms with Crippen molar-refractivity contribution in [1.82, 2.24) is 14.9 Å². The number of nitrogens with zero attached hydrogens (tertiary/aromatic N) is 1. The minimum absolute atomic E-state index is 0.0515. The first-order valence-electron chi connectivity index (χ1n) is 7.43. The molecule has 0 aliphatic carbocycles. The summed E-state index contributed by atoms with van der Waals surface area (Å²) in [4.78, 5) is 14.0. The van der Waals surface area contributed by atoms with Crippen molar-refractivity contribution in [3.05, 3.63) is 17.5 Å². The fraction of sp³-hybridized carbons (Fsp3) is 0.643. The Morgan fingerprint density at radius 1 is 1.45 bits per heavy atom. The van der Waals surface area contributed by atoms with E-state index < -0.39 is 10.0 Å². The number of piperidine rings is 1. The van der Waals surface area contributed by atoms with Crippen molar-refractivity contribution < 1.29 is 13.2 Å². The Bertz CT molecular complexity index is 578. The van der Waals surface area contributed by atoms with E-state index in [1.54, 1.807) is 17.5 Å². The van der Waals surface area contributed by atoms with Gasteiger partial charge in [0.1, 0.15) is 4.21 Å². The maximum atomic E-state index is 12.2. The average Bonchev–Trinajstić information content (AvgIpc) is 3.02. The van der Waals surface area contributed by atoms with Crippen LogP contribution in [0.5, 0.6) is 0 Å². The third-order valence-electron chi connectivity index (χ3n) is 3.82. The first-order valence-corrected chi connectivity index (χ1v) is 9.79. The highest BCUT2D eigenvalue weighted by Crippen LogP contribution is 2.19. The number of hydrogen-bond donors (Lipinski definition) is 2. The molecule has 0 bridgehead atoms. The summed E-state index contributed by atoms with van der Waals surface area (Å²) in [6, 6.07) is 3.23. The summed E-state index contributed by atoms with van der Waals surface area (Å²) in [5, 5.41) is 4.75. The molecule has 1 fully saturated rings. The summed E-state index contributed by atoms with van der Waals surface area (Å²) >= 11 is 1.21. The molecule has 1 aromatic heterocycles. The summed E-state index contributed by atoms with van der Waals surface area (Å²) in [6.07, 6.45) is 1.31. The van der Waals surface area contributed by atoms with Crippen LogP contribution in [0.3, 0.4) is 0 Å². The Morgan fingerprint density at radius 3 is 2.68 bits per heavy atom. The van der Waals surface area contributed by atoms with Crippen LogP contribution in [0.4, 0.5) is 0 Å². The van der Waals surface area contributed by atoms with Gasteiger partial charge >= 0.3 is 0 Å². The molecule has 1 aliphatic heterocycles. The fourth-order valence-electron chi connectivity index (χ4n) is 2.62. The van der Waals surface area contributed by atoms with Gasteiger partial charge in [0, 0.05) is 31.6 Å². The van der Waals surface area contributed by atoms with Gasteiger partial charge < -0.3 is 10.2 Å². The van der Waals surface area contributed by atoms with Gasteiger partial charge in [-0.05, 0) is 31.3 Å². The molecule has 1 saturated heterocycles. The average molecular weight is 345 g/mol. The predicted molar refractivity (Wildman–Crippen MR) is 87.3 cm³/mol. The fourth-order valence-corrected chi connectivity index (χ4v) is 4.93. The lowest BCUT2D eigenvalue weighted by Gasteiger charge is -2.33. The lowest BCUT2D eigenvalue weighted by atomic mass is 10.0. The number of rotatable bonds is 6. The molecule has 1 atom stereocenters. The molecule has 8 heteroatoms. The third kappa shape index (κ3) is 4.28. The molecule has 1 unspecified atom stereocenters. The minimum atomic E-state index is -3.42. The van der Waals surface area contributed by atoms with Crippen molar-refractivity contribution in [2.75, 3.05) is 26.7 Å². The quantitative estimate of drug-likeness (QED) is 0.802. The first-order chi connectivity index (χ1) is 10.4. The highest BCUT2D eigenvalue weighted by atomic mass is 32.2. The zero-order chi connectivity index (χ0) is 16.2. The van der Waals surface area contributed by atoms with Crippen LogP contribution in [0.15, 0.2) is 21.7 Å². The summed E-state index contributed by atoms with van der Waals surface area (Å²) in [5.41, 5.74) is 0. The van der Waals surface area contributed by atoms with Gasteiger partial charge in [0.05, 0.1) is 0 Å². The van der Waals surface area contributed by atoms with Crippen LogP contribution in [0, 0.1) is 5.92 Å². The number of carbonyl (C=O) groups excluding carboxylic acids is 1. The van der Waals surface area contributed by atoms with Crippen LogP contribution in [0.25, 0.3) is 0 Å². The molecule has 0 radical (unpaired) electrons. The molecule has 2 rings (SSSR count). The van der Waals surface area contributed by atoms with E-state index in [4.69, 9.17) is 0 Å². The number of carbonyl (C=O) groups is 1. The Balaban J connectivity index is 1.86. The largest absolute Gasteiger partial charge is 0.342 e. The highest BCUT2D eigenvalue weighted by Gasteiger charge is 2.28. The Kier molecular flexibility index (Phi) is 5.96. The first kappa shape index (κ1) is 17.4. The molecular weight excluding hydrogens is 322 g/mol. The molecule has 1 aliphatic rings. The lowest BCUT2D eigenvalue weighted by molar-refractivity contribution is -0.135. The van der Waals surface area contributed by atoms with Gasteiger partial charge in [-0.1, -0.05) is 13.0 Å². The number of sulfonamides is 1. The predicted octanol–water partition coefficient (Wildman–Crippen LogP) is 0.873. The second kappa shape index (κ2) is 7.54. The molecule has 2 N–H and O–H groups in total. The zero-order valence-corrected chi connectivity index (χ0v) is 14.5. The van der Waals surface area contributed by atoms with Gasteiger partial charge in [0.25, 0.3) is 0 Å². The van der Waals surface area contributed by atoms with E-state index in [1.165, 1.54) is 11.3 Å². The normalized spacial score (nSPS) is 18.4. The maximum Gasteiger partial charge on any atom is 0.250 e. The number of thiophene rings is 1. The molecule has 1 aromatic rings. The molecule has 2 heterocycles. The van der Waals surface area contributed by atoms with E-state index in [1.807, 2.05) is 18.9 Å². The van der Waals surface area contributed by atoms with Crippen molar-refractivity contribution in [3.8, 4) is 0 Å².